The quantitative estimate of drug-likeness (QED) is 0.190. The summed E-state index contributed by atoms with van der Waals surface area (Å²) >= 11 is 0. The van der Waals surface area contributed by atoms with E-state index in [2.05, 4.69) is 0 Å². The number of aryl methyl sites for hydroxylation is 1. The van der Waals surface area contributed by atoms with Crippen LogP contribution in [-0.2, 0) is 44.2 Å². The van der Waals surface area contributed by atoms with E-state index in [0.29, 0.717) is 54.8 Å². The number of allylic oxidation sites excluding steroid dienone is 1. The molecule has 14 nitrogen and oxygen atoms in total. The summed E-state index contributed by atoms with van der Waals surface area (Å²) in [5.41, 5.74) is 0.874. The maximum absolute atomic E-state index is 13.6. The Hall–Kier alpha value is -5.24. The van der Waals surface area contributed by atoms with Crippen molar-refractivity contribution in [2.45, 2.75) is 84.2 Å². The minimum Gasteiger partial charge on any atom is -0.481 e. The predicted octanol–water partition coefficient (Wildman–Crippen LogP) is 4.73. The number of aliphatic carboxylic acids is 1. The molecule has 0 radical (unpaired) electrons. The van der Waals surface area contributed by atoms with Crippen molar-refractivity contribution in [3.63, 3.8) is 0 Å². The van der Waals surface area contributed by atoms with Crippen molar-refractivity contribution in [2.24, 2.45) is 5.41 Å². The predicted molar refractivity (Wildman–Crippen MR) is 189 cm³/mol. The van der Waals surface area contributed by atoms with E-state index in [4.69, 9.17) is 19.2 Å². The summed E-state index contributed by atoms with van der Waals surface area (Å²) in [5.74, 6) is -1.34. The van der Waals surface area contributed by atoms with Gasteiger partial charge in [0.15, 0.2) is 5.60 Å². The fourth-order valence-electron chi connectivity index (χ4n) is 7.13. The Balaban J connectivity index is 1.13. The zero-order valence-corrected chi connectivity index (χ0v) is 30.1. The third kappa shape index (κ3) is 6.51. The van der Waals surface area contributed by atoms with Gasteiger partial charge in [-0.05, 0) is 81.4 Å². The number of nitrogens with zero attached hydrogens (tertiary/aromatic N) is 4. The maximum Gasteiger partial charge on any atom is 0.415 e. The number of hydrogen-bond donors (Lipinski definition) is 2. The Morgan fingerprint density at radius 2 is 1.79 bits per heavy atom. The highest BCUT2D eigenvalue weighted by Crippen LogP contribution is 2.41. The number of carboxylic acid groups (broad SMARTS) is 1. The van der Waals surface area contributed by atoms with E-state index in [9.17, 15) is 34.2 Å². The fourth-order valence-corrected chi connectivity index (χ4v) is 7.13. The Kier molecular flexibility index (Phi) is 9.88. The van der Waals surface area contributed by atoms with Crippen LogP contribution in [0.2, 0.25) is 0 Å². The summed E-state index contributed by atoms with van der Waals surface area (Å²) < 4.78 is 18.1. The molecule has 0 unspecified atom stereocenters. The lowest BCUT2D eigenvalue weighted by Crippen LogP contribution is -2.44. The van der Waals surface area contributed by atoms with Crippen molar-refractivity contribution in [3.05, 3.63) is 69.0 Å². The van der Waals surface area contributed by atoms with Crippen molar-refractivity contribution in [3.8, 4) is 17.1 Å². The molecular weight excluding hydrogens is 672 g/mol. The van der Waals surface area contributed by atoms with Crippen molar-refractivity contribution >= 4 is 35.0 Å². The minimum absolute atomic E-state index is 0.0509. The molecule has 0 bridgehead atoms. The van der Waals surface area contributed by atoms with Crippen LogP contribution in [0, 0.1) is 5.41 Å². The Bertz CT molecular complexity index is 2060. The second-order valence-electron chi connectivity index (χ2n) is 14.1. The van der Waals surface area contributed by atoms with Crippen molar-refractivity contribution in [1.29, 1.82) is 0 Å². The van der Waals surface area contributed by atoms with Gasteiger partial charge in [-0.15, -0.1) is 0 Å². The Morgan fingerprint density at radius 1 is 1.06 bits per heavy atom. The molecule has 0 saturated carbocycles. The largest absolute Gasteiger partial charge is 0.481 e. The molecule has 2 amide bonds. The van der Waals surface area contributed by atoms with Crippen molar-refractivity contribution in [1.82, 2.24) is 19.4 Å². The second kappa shape index (κ2) is 14.1. The molecule has 1 aromatic carbocycles. The van der Waals surface area contributed by atoms with E-state index in [1.165, 1.54) is 9.80 Å². The van der Waals surface area contributed by atoms with Crippen LogP contribution < -0.4 is 10.3 Å². The third-order valence-corrected chi connectivity index (χ3v) is 10.7. The van der Waals surface area contributed by atoms with Gasteiger partial charge < -0.3 is 38.8 Å². The number of benzene rings is 1. The van der Waals surface area contributed by atoms with Crippen LogP contribution in [0.5, 0.6) is 5.75 Å². The number of carbonyl (C=O) groups is 4. The topological polar surface area (TPSA) is 178 Å². The molecule has 3 atom stereocenters. The number of esters is 1. The van der Waals surface area contributed by atoms with Gasteiger partial charge in [-0.2, -0.15) is 0 Å². The van der Waals surface area contributed by atoms with Crippen LogP contribution in [0.25, 0.3) is 22.3 Å². The lowest BCUT2D eigenvalue weighted by molar-refractivity contribution is -0.172. The van der Waals surface area contributed by atoms with Crippen molar-refractivity contribution < 1.29 is 43.6 Å². The summed E-state index contributed by atoms with van der Waals surface area (Å²) in [6.45, 7) is 5.73. The summed E-state index contributed by atoms with van der Waals surface area (Å²) in [7, 11) is 3.13. The monoisotopic (exact) mass is 716 g/mol. The summed E-state index contributed by atoms with van der Waals surface area (Å²) in [6, 6.07) is 6.80. The molecule has 6 rings (SSSR count). The van der Waals surface area contributed by atoms with Crippen LogP contribution in [0.3, 0.4) is 0 Å². The second-order valence-corrected chi connectivity index (χ2v) is 14.1. The van der Waals surface area contributed by atoms with Crippen LogP contribution in [0.4, 0.5) is 9.59 Å². The van der Waals surface area contributed by atoms with Gasteiger partial charge in [-0.3, -0.25) is 9.59 Å². The van der Waals surface area contributed by atoms with E-state index in [0.717, 1.165) is 16.5 Å². The van der Waals surface area contributed by atoms with Gasteiger partial charge in [0.25, 0.3) is 5.56 Å². The van der Waals surface area contributed by atoms with Gasteiger partial charge in [-0.1, -0.05) is 19.9 Å². The van der Waals surface area contributed by atoms with Crippen molar-refractivity contribution in [2.75, 3.05) is 27.2 Å². The van der Waals surface area contributed by atoms with E-state index in [1.54, 1.807) is 62.9 Å². The van der Waals surface area contributed by atoms with Crippen LogP contribution in [0.1, 0.15) is 75.1 Å². The van der Waals surface area contributed by atoms with Gasteiger partial charge in [0.2, 0.25) is 0 Å². The van der Waals surface area contributed by atoms with Crippen LogP contribution >= 0.6 is 0 Å². The van der Waals surface area contributed by atoms with E-state index < -0.39 is 41.2 Å². The summed E-state index contributed by atoms with van der Waals surface area (Å²) in [4.78, 5) is 71.4. The Labute approximate surface area is 300 Å². The molecule has 52 heavy (non-hydrogen) atoms. The first-order valence-electron chi connectivity index (χ1n) is 17.6. The van der Waals surface area contributed by atoms with Gasteiger partial charge >= 0.3 is 24.1 Å². The maximum atomic E-state index is 13.6. The van der Waals surface area contributed by atoms with E-state index in [-0.39, 0.29) is 49.3 Å². The zero-order chi connectivity index (χ0) is 37.5. The Morgan fingerprint density at radius 3 is 2.48 bits per heavy atom. The first-order chi connectivity index (χ1) is 24.7. The smallest absolute Gasteiger partial charge is 0.415 e. The number of pyridine rings is 2. The summed E-state index contributed by atoms with van der Waals surface area (Å²) in [6.07, 6.45) is 4.41. The molecule has 276 valence electrons. The number of aliphatic hydroxyl groups is 1. The first-order valence-corrected chi connectivity index (χ1v) is 17.6. The van der Waals surface area contributed by atoms with Gasteiger partial charge in [0, 0.05) is 43.7 Å². The van der Waals surface area contributed by atoms with E-state index in [1.807, 2.05) is 13.0 Å². The first kappa shape index (κ1) is 36.5. The number of ether oxygens (including phenoxy) is 3. The standard InChI is InChI=1S/C38H44N4O10/c1-6-24-25-18-23(52-36(48)41(5)17-16-40(4)35(47)51-22-10-8-9-14-37(3,15-13-22)33(44)45)11-12-29(25)39-31-26(24)20-42-30(31)19-28-27(32(42)43)21-50-34(46)38(28,49)7-2/h8,10-12,18-19,22,49H,6-7,9,13-17,20-21H2,1-5H3,(H,44,45)/b10-8+/t22-,37+,38-/m0/s1. The molecule has 3 aromatic rings. The molecule has 2 N–H and O–H groups in total. The number of carbonyl (C=O) groups excluding carboxylic acids is 3. The van der Waals surface area contributed by atoms with Crippen LogP contribution in [0.15, 0.2) is 41.2 Å². The average Bonchev–Trinajstić information content (AvgIpc) is 3.49. The molecule has 0 saturated heterocycles. The highest BCUT2D eigenvalue weighted by Gasteiger charge is 2.45. The van der Waals surface area contributed by atoms with Crippen LogP contribution in [-0.4, -0.2) is 87.0 Å². The SMILES string of the molecule is CCc1c2c(nc3ccc(OC(=O)N(C)CCN(C)C(=O)O[C@H]4/C=C/CC[C@@](C)(C(=O)O)CC4)cc13)-c1cc3c(c(=O)n1C2)COC(=O)[C@]3(O)CC. The van der Waals surface area contributed by atoms with Gasteiger partial charge in [0.05, 0.1) is 34.4 Å². The third-order valence-electron chi connectivity index (χ3n) is 10.7. The lowest BCUT2D eigenvalue weighted by Gasteiger charge is -2.31. The molecule has 2 aliphatic heterocycles. The molecule has 3 aliphatic rings. The number of likely N-dealkylation sites (N-methyl/N-ethyl adjacent to an activating group) is 2. The molecule has 14 heteroatoms. The normalized spacial score (nSPS) is 22.6. The number of hydrogen-bond acceptors (Lipinski definition) is 10. The summed E-state index contributed by atoms with van der Waals surface area (Å²) in [5, 5.41) is 21.6. The number of amides is 2. The lowest BCUT2D eigenvalue weighted by atomic mass is 9.79. The average molecular weight is 717 g/mol. The van der Waals surface area contributed by atoms with E-state index >= 15 is 0 Å². The number of carboxylic acids is 1. The zero-order valence-electron chi connectivity index (χ0n) is 30.1. The molecular formula is C38H44N4O10. The molecule has 0 spiro atoms. The minimum atomic E-state index is -1.92. The van der Waals surface area contributed by atoms with Gasteiger partial charge in [-0.25, -0.2) is 19.4 Å². The molecule has 2 aromatic heterocycles. The van der Waals surface area contributed by atoms with Gasteiger partial charge in [0.1, 0.15) is 18.5 Å². The number of aromatic nitrogens is 2. The molecule has 0 fully saturated rings. The fraction of sp³-hybridized carbons (Fsp3) is 0.474. The highest BCUT2D eigenvalue weighted by molar-refractivity contribution is 5.90. The number of fused-ring (bicyclic) bond motifs is 5. The number of cyclic esters (lactones) is 1. The molecule has 4 heterocycles. The molecule has 1 aliphatic carbocycles. The highest BCUT2D eigenvalue weighted by atomic mass is 16.6. The number of rotatable bonds is 8.